The minimum Gasteiger partial charge on any atom is -0.381 e. The molecule has 0 radical (unpaired) electrons. The number of nitrogens with two attached hydrogens (primary N) is 1. The Bertz CT molecular complexity index is 206. The lowest BCUT2D eigenvalue weighted by Crippen LogP contribution is -2.51. The zero-order valence-electron chi connectivity index (χ0n) is 11.6. The molecule has 0 spiro atoms. The zero-order chi connectivity index (χ0) is 13.1. The molecule has 4 nitrogen and oxygen atoms in total. The van der Waals surface area contributed by atoms with Gasteiger partial charge in [-0.05, 0) is 26.2 Å². The van der Waals surface area contributed by atoms with Crippen molar-refractivity contribution in [2.24, 2.45) is 5.73 Å². The monoisotopic (exact) mass is 244 g/mol. The van der Waals surface area contributed by atoms with Crippen LogP contribution in [0, 0.1) is 0 Å². The summed E-state index contributed by atoms with van der Waals surface area (Å²) < 4.78 is 5.41. The van der Waals surface area contributed by atoms with Crippen molar-refractivity contribution < 1.29 is 9.53 Å². The molecule has 1 atom stereocenters. The molecule has 0 saturated heterocycles. The van der Waals surface area contributed by atoms with Crippen molar-refractivity contribution >= 4 is 5.91 Å². The van der Waals surface area contributed by atoms with Crippen molar-refractivity contribution in [2.75, 3.05) is 19.8 Å². The van der Waals surface area contributed by atoms with Crippen molar-refractivity contribution in [1.29, 1.82) is 0 Å². The molecule has 0 aromatic rings. The van der Waals surface area contributed by atoms with Gasteiger partial charge < -0.3 is 15.8 Å². The maximum atomic E-state index is 11.7. The summed E-state index contributed by atoms with van der Waals surface area (Å²) >= 11 is 0. The summed E-state index contributed by atoms with van der Waals surface area (Å²) in [6.45, 7) is 8.11. The minimum atomic E-state index is -0.738. The molecule has 3 N–H and O–H groups in total. The van der Waals surface area contributed by atoms with E-state index in [9.17, 15) is 4.79 Å². The van der Waals surface area contributed by atoms with Gasteiger partial charge in [0.1, 0.15) is 0 Å². The third-order valence-electron chi connectivity index (χ3n) is 2.68. The van der Waals surface area contributed by atoms with Crippen molar-refractivity contribution in [3.8, 4) is 0 Å². The molecule has 0 bridgehead atoms. The summed E-state index contributed by atoms with van der Waals surface area (Å²) in [5, 5.41) is 2.85. The SMILES string of the molecule is CCCCOCCCNC(=O)C(C)(N)CCC. The second kappa shape index (κ2) is 9.42. The van der Waals surface area contributed by atoms with Crippen molar-refractivity contribution in [3.05, 3.63) is 0 Å². The molecule has 0 aliphatic carbocycles. The van der Waals surface area contributed by atoms with Gasteiger partial charge in [0, 0.05) is 19.8 Å². The van der Waals surface area contributed by atoms with Crippen LogP contribution in [0.15, 0.2) is 0 Å². The molecule has 4 heteroatoms. The second-order valence-electron chi connectivity index (χ2n) is 4.74. The average Bonchev–Trinajstić information content (AvgIpc) is 2.27. The number of hydrogen-bond acceptors (Lipinski definition) is 3. The number of amides is 1. The lowest BCUT2D eigenvalue weighted by molar-refractivity contribution is -0.126. The molecule has 0 aromatic carbocycles. The van der Waals surface area contributed by atoms with Crippen molar-refractivity contribution in [3.63, 3.8) is 0 Å². The Balaban J connectivity index is 3.51. The normalized spacial score (nSPS) is 14.4. The van der Waals surface area contributed by atoms with Crippen LogP contribution in [0.1, 0.15) is 52.9 Å². The highest BCUT2D eigenvalue weighted by Gasteiger charge is 2.26. The molecule has 0 saturated carbocycles. The van der Waals surface area contributed by atoms with E-state index >= 15 is 0 Å². The van der Waals surface area contributed by atoms with E-state index < -0.39 is 5.54 Å². The van der Waals surface area contributed by atoms with E-state index in [1.807, 2.05) is 6.92 Å². The van der Waals surface area contributed by atoms with Gasteiger partial charge in [0.2, 0.25) is 5.91 Å². The highest BCUT2D eigenvalue weighted by Crippen LogP contribution is 2.08. The van der Waals surface area contributed by atoms with Crippen LogP contribution in [-0.4, -0.2) is 31.2 Å². The summed E-state index contributed by atoms with van der Waals surface area (Å²) in [5.74, 6) is -0.0621. The van der Waals surface area contributed by atoms with Gasteiger partial charge in [-0.2, -0.15) is 0 Å². The third-order valence-corrected chi connectivity index (χ3v) is 2.68. The van der Waals surface area contributed by atoms with Crippen LogP contribution in [0.4, 0.5) is 0 Å². The smallest absolute Gasteiger partial charge is 0.239 e. The third kappa shape index (κ3) is 8.16. The van der Waals surface area contributed by atoms with Gasteiger partial charge >= 0.3 is 0 Å². The van der Waals surface area contributed by atoms with Gasteiger partial charge in [-0.3, -0.25) is 4.79 Å². The standard InChI is InChI=1S/C13H28N2O2/c1-4-6-10-17-11-7-9-15-12(16)13(3,14)8-5-2/h4-11,14H2,1-3H3,(H,15,16). The topological polar surface area (TPSA) is 64.3 Å². The predicted molar refractivity (Wildman–Crippen MR) is 70.9 cm³/mol. The second-order valence-corrected chi connectivity index (χ2v) is 4.74. The summed E-state index contributed by atoms with van der Waals surface area (Å²) in [5.41, 5.74) is 5.17. The van der Waals surface area contributed by atoms with Gasteiger partial charge in [0.05, 0.1) is 5.54 Å². The summed E-state index contributed by atoms with van der Waals surface area (Å²) in [6, 6.07) is 0. The Kier molecular flexibility index (Phi) is 9.09. The maximum absolute atomic E-state index is 11.7. The molecule has 0 aliphatic rings. The Morgan fingerprint density at radius 1 is 1.24 bits per heavy atom. The molecule has 0 aliphatic heterocycles. The molecule has 1 unspecified atom stereocenters. The fourth-order valence-electron chi connectivity index (χ4n) is 1.56. The van der Waals surface area contributed by atoms with Gasteiger partial charge in [-0.25, -0.2) is 0 Å². The summed E-state index contributed by atoms with van der Waals surface area (Å²) in [6.07, 6.45) is 4.73. The number of carbonyl (C=O) groups excluding carboxylic acids is 1. The van der Waals surface area contributed by atoms with E-state index in [-0.39, 0.29) is 5.91 Å². The van der Waals surface area contributed by atoms with Crippen LogP contribution in [0.3, 0.4) is 0 Å². The molecule has 0 heterocycles. The largest absolute Gasteiger partial charge is 0.381 e. The number of carbonyl (C=O) groups is 1. The lowest BCUT2D eigenvalue weighted by Gasteiger charge is -2.22. The predicted octanol–water partition coefficient (Wildman–Crippen LogP) is 1.83. The van der Waals surface area contributed by atoms with E-state index in [1.54, 1.807) is 6.92 Å². The van der Waals surface area contributed by atoms with Crippen LogP contribution >= 0.6 is 0 Å². The van der Waals surface area contributed by atoms with Crippen molar-refractivity contribution in [1.82, 2.24) is 5.32 Å². The number of rotatable bonds is 10. The zero-order valence-corrected chi connectivity index (χ0v) is 11.6. The number of unbranched alkanes of at least 4 members (excludes halogenated alkanes) is 1. The molecule has 0 rings (SSSR count). The van der Waals surface area contributed by atoms with Gasteiger partial charge in [-0.15, -0.1) is 0 Å². The van der Waals surface area contributed by atoms with E-state index in [1.165, 1.54) is 0 Å². The maximum Gasteiger partial charge on any atom is 0.239 e. The molecule has 0 aromatic heterocycles. The molecule has 0 fully saturated rings. The van der Waals surface area contributed by atoms with Gasteiger partial charge in [-0.1, -0.05) is 26.7 Å². The van der Waals surface area contributed by atoms with Crippen LogP contribution in [-0.2, 0) is 9.53 Å². The van der Waals surface area contributed by atoms with Crippen LogP contribution in [0.5, 0.6) is 0 Å². The first-order chi connectivity index (χ1) is 8.04. The highest BCUT2D eigenvalue weighted by atomic mass is 16.5. The van der Waals surface area contributed by atoms with E-state index in [0.29, 0.717) is 19.6 Å². The Hall–Kier alpha value is -0.610. The van der Waals surface area contributed by atoms with Gasteiger partial charge in [0.15, 0.2) is 0 Å². The summed E-state index contributed by atoms with van der Waals surface area (Å²) in [7, 11) is 0. The van der Waals surface area contributed by atoms with Crippen LogP contribution in [0.2, 0.25) is 0 Å². The van der Waals surface area contributed by atoms with E-state index in [0.717, 1.165) is 32.3 Å². The average molecular weight is 244 g/mol. The van der Waals surface area contributed by atoms with Gasteiger partial charge in [0.25, 0.3) is 0 Å². The number of nitrogens with one attached hydrogen (secondary N) is 1. The fraction of sp³-hybridized carbons (Fsp3) is 0.923. The molecule has 1 amide bonds. The first-order valence-electron chi connectivity index (χ1n) is 6.69. The molecule has 17 heavy (non-hydrogen) atoms. The fourth-order valence-corrected chi connectivity index (χ4v) is 1.56. The molecular formula is C13H28N2O2. The number of hydrogen-bond donors (Lipinski definition) is 2. The Morgan fingerprint density at radius 2 is 1.88 bits per heavy atom. The Morgan fingerprint density at radius 3 is 2.47 bits per heavy atom. The highest BCUT2D eigenvalue weighted by molar-refractivity contribution is 5.85. The van der Waals surface area contributed by atoms with Crippen LogP contribution < -0.4 is 11.1 Å². The lowest BCUT2D eigenvalue weighted by atomic mass is 9.96. The van der Waals surface area contributed by atoms with Crippen molar-refractivity contribution in [2.45, 2.75) is 58.4 Å². The van der Waals surface area contributed by atoms with E-state index in [4.69, 9.17) is 10.5 Å². The Labute approximate surface area is 105 Å². The molecular weight excluding hydrogens is 216 g/mol. The number of ether oxygens (including phenoxy) is 1. The first kappa shape index (κ1) is 16.4. The van der Waals surface area contributed by atoms with E-state index in [2.05, 4.69) is 12.2 Å². The molecule has 102 valence electrons. The quantitative estimate of drug-likeness (QED) is 0.576. The summed E-state index contributed by atoms with van der Waals surface area (Å²) in [4.78, 5) is 11.7. The minimum absolute atomic E-state index is 0.0621. The van der Waals surface area contributed by atoms with Crippen LogP contribution in [0.25, 0.3) is 0 Å². The first-order valence-corrected chi connectivity index (χ1v) is 6.69.